The van der Waals surface area contributed by atoms with E-state index in [2.05, 4.69) is 15.9 Å². The number of rotatable bonds is 3. The van der Waals surface area contributed by atoms with Gasteiger partial charge in [0, 0.05) is 16.5 Å². The van der Waals surface area contributed by atoms with Gasteiger partial charge < -0.3 is 0 Å². The Morgan fingerprint density at radius 3 is 2.38 bits per heavy atom. The Morgan fingerprint density at radius 1 is 0.962 bits per heavy atom. The van der Waals surface area contributed by atoms with E-state index >= 15 is 0 Å². The third-order valence-corrected chi connectivity index (χ3v) is 5.30. The summed E-state index contributed by atoms with van der Waals surface area (Å²) in [6.07, 6.45) is 0.605. The molecule has 26 heavy (non-hydrogen) atoms. The molecule has 4 rings (SSSR count). The average molecular weight is 430 g/mol. The van der Waals surface area contributed by atoms with Crippen LogP contribution in [0.15, 0.2) is 82.4 Å². The Balaban J connectivity index is 1.80. The third kappa shape index (κ3) is 3.27. The van der Waals surface area contributed by atoms with E-state index in [4.69, 9.17) is 16.7 Å². The summed E-state index contributed by atoms with van der Waals surface area (Å²) in [5, 5.41) is 7.23. The first-order valence-electron chi connectivity index (χ1n) is 8.25. The van der Waals surface area contributed by atoms with Crippen molar-refractivity contribution in [1.29, 1.82) is 0 Å². The normalized spacial score (nSPS) is 16.7. The van der Waals surface area contributed by atoms with Crippen molar-refractivity contribution in [2.24, 2.45) is 5.10 Å². The largest absolute Gasteiger partial charge is 0.256 e. The van der Waals surface area contributed by atoms with Crippen LogP contribution in [0.5, 0.6) is 0 Å². The summed E-state index contributed by atoms with van der Waals surface area (Å²) in [5.41, 5.74) is 3.31. The van der Waals surface area contributed by atoms with Crippen LogP contribution in [-0.4, -0.2) is 5.71 Å². The molecular formula is C21H15BrClFN2. The van der Waals surface area contributed by atoms with E-state index in [0.29, 0.717) is 17.0 Å². The van der Waals surface area contributed by atoms with Crippen LogP contribution < -0.4 is 5.01 Å². The molecule has 0 fully saturated rings. The van der Waals surface area contributed by atoms with Gasteiger partial charge in [-0.2, -0.15) is 5.10 Å². The fourth-order valence-electron chi connectivity index (χ4n) is 3.17. The lowest BCUT2D eigenvalue weighted by atomic mass is 9.98. The number of para-hydroxylation sites is 1. The van der Waals surface area contributed by atoms with Gasteiger partial charge in [0.25, 0.3) is 0 Å². The van der Waals surface area contributed by atoms with Crippen LogP contribution in [0.2, 0.25) is 5.02 Å². The molecule has 3 aromatic carbocycles. The molecule has 1 heterocycles. The van der Waals surface area contributed by atoms with Gasteiger partial charge in [-0.1, -0.05) is 70.0 Å². The highest BCUT2D eigenvalue weighted by molar-refractivity contribution is 9.10. The summed E-state index contributed by atoms with van der Waals surface area (Å²) in [7, 11) is 0. The summed E-state index contributed by atoms with van der Waals surface area (Å²) in [5.74, 6) is -0.234. The molecule has 1 aliphatic heterocycles. The van der Waals surface area contributed by atoms with E-state index < -0.39 is 0 Å². The van der Waals surface area contributed by atoms with Gasteiger partial charge in [0.05, 0.1) is 22.5 Å². The van der Waals surface area contributed by atoms with E-state index in [1.165, 1.54) is 6.07 Å². The van der Waals surface area contributed by atoms with Crippen LogP contribution in [0.3, 0.4) is 0 Å². The van der Waals surface area contributed by atoms with E-state index in [0.717, 1.165) is 21.4 Å². The molecule has 0 N–H and O–H groups in total. The van der Waals surface area contributed by atoms with Gasteiger partial charge in [-0.25, -0.2) is 4.39 Å². The van der Waals surface area contributed by atoms with Crippen molar-refractivity contribution >= 4 is 38.9 Å². The molecule has 0 aromatic heterocycles. The predicted molar refractivity (Wildman–Crippen MR) is 108 cm³/mol. The maximum Gasteiger partial charge on any atom is 0.128 e. The van der Waals surface area contributed by atoms with Gasteiger partial charge in [-0.3, -0.25) is 5.01 Å². The number of hydrogen-bond donors (Lipinski definition) is 0. The third-order valence-electron chi connectivity index (χ3n) is 4.45. The maximum atomic E-state index is 14.5. The topological polar surface area (TPSA) is 15.6 Å². The van der Waals surface area contributed by atoms with E-state index in [1.807, 2.05) is 65.7 Å². The van der Waals surface area contributed by atoms with Crippen molar-refractivity contribution in [3.8, 4) is 0 Å². The minimum absolute atomic E-state index is 0.234. The Labute approximate surface area is 165 Å². The van der Waals surface area contributed by atoms with Crippen LogP contribution in [-0.2, 0) is 0 Å². The summed E-state index contributed by atoms with van der Waals surface area (Å²) >= 11 is 9.85. The molecule has 0 saturated carbocycles. The predicted octanol–water partition coefficient (Wildman–Crippen LogP) is 6.60. The number of benzene rings is 3. The molecule has 3 aromatic rings. The number of nitrogens with zero attached hydrogens (tertiary/aromatic N) is 2. The summed E-state index contributed by atoms with van der Waals surface area (Å²) in [4.78, 5) is 0. The maximum absolute atomic E-state index is 14.5. The quantitative estimate of drug-likeness (QED) is 0.458. The van der Waals surface area contributed by atoms with Gasteiger partial charge in [0.15, 0.2) is 0 Å². The molecule has 0 spiro atoms. The molecular weight excluding hydrogens is 415 g/mol. The van der Waals surface area contributed by atoms with Gasteiger partial charge >= 0.3 is 0 Å². The molecule has 0 bridgehead atoms. The summed E-state index contributed by atoms with van der Waals surface area (Å²) < 4.78 is 15.5. The number of hydrogen-bond acceptors (Lipinski definition) is 2. The minimum Gasteiger partial charge on any atom is -0.256 e. The molecule has 1 atom stereocenters. The van der Waals surface area contributed by atoms with Crippen molar-refractivity contribution in [2.45, 2.75) is 12.5 Å². The Bertz CT molecular complexity index is 972. The molecule has 0 radical (unpaired) electrons. The first-order valence-corrected chi connectivity index (χ1v) is 9.42. The van der Waals surface area contributed by atoms with Crippen LogP contribution >= 0.6 is 27.5 Å². The molecule has 0 unspecified atom stereocenters. The van der Waals surface area contributed by atoms with E-state index in [9.17, 15) is 4.39 Å². The molecule has 0 amide bonds. The smallest absolute Gasteiger partial charge is 0.128 e. The average Bonchev–Trinajstić information content (AvgIpc) is 3.08. The second kappa shape index (κ2) is 7.22. The van der Waals surface area contributed by atoms with Gasteiger partial charge in [-0.15, -0.1) is 0 Å². The van der Waals surface area contributed by atoms with Gasteiger partial charge in [0.1, 0.15) is 5.82 Å². The molecule has 0 aliphatic carbocycles. The van der Waals surface area contributed by atoms with Crippen LogP contribution in [0.4, 0.5) is 10.1 Å². The molecule has 5 heteroatoms. The van der Waals surface area contributed by atoms with Crippen molar-refractivity contribution < 1.29 is 4.39 Å². The SMILES string of the molecule is Fc1ccccc1[C@H]1CC(c2ccc(Br)cc2)=NN1c1ccccc1Cl. The lowest BCUT2D eigenvalue weighted by Crippen LogP contribution is -2.19. The Morgan fingerprint density at radius 2 is 1.65 bits per heavy atom. The van der Waals surface area contributed by atoms with E-state index in [-0.39, 0.29) is 11.9 Å². The molecule has 130 valence electrons. The first-order chi connectivity index (χ1) is 12.6. The highest BCUT2D eigenvalue weighted by atomic mass is 79.9. The van der Waals surface area contributed by atoms with Crippen molar-refractivity contribution in [3.63, 3.8) is 0 Å². The zero-order valence-electron chi connectivity index (χ0n) is 13.7. The van der Waals surface area contributed by atoms with Gasteiger partial charge in [-0.05, 0) is 35.9 Å². The number of halogens is 3. The highest BCUT2D eigenvalue weighted by Gasteiger charge is 2.32. The van der Waals surface area contributed by atoms with Crippen LogP contribution in [0.25, 0.3) is 0 Å². The minimum atomic E-state index is -0.241. The van der Waals surface area contributed by atoms with Crippen LogP contribution in [0, 0.1) is 5.82 Å². The zero-order valence-corrected chi connectivity index (χ0v) is 16.1. The fourth-order valence-corrected chi connectivity index (χ4v) is 3.66. The van der Waals surface area contributed by atoms with E-state index in [1.54, 1.807) is 6.07 Å². The Hall–Kier alpha value is -2.17. The standard InChI is InChI=1S/C21H15BrClFN2/c22-15-11-9-14(10-12-15)19-13-21(16-5-1-3-7-18(16)24)26(25-19)20-8-4-2-6-17(20)23/h1-12,21H,13H2/t21-/m1/s1. The fraction of sp³-hybridized carbons (Fsp3) is 0.0952. The second-order valence-electron chi connectivity index (χ2n) is 6.09. The molecule has 2 nitrogen and oxygen atoms in total. The van der Waals surface area contributed by atoms with Gasteiger partial charge in [0.2, 0.25) is 0 Å². The lowest BCUT2D eigenvalue weighted by Gasteiger charge is -2.25. The summed E-state index contributed by atoms with van der Waals surface area (Å²) in [6, 6.07) is 22.1. The highest BCUT2D eigenvalue weighted by Crippen LogP contribution is 2.40. The van der Waals surface area contributed by atoms with Crippen LogP contribution in [0.1, 0.15) is 23.6 Å². The van der Waals surface area contributed by atoms with Crippen molar-refractivity contribution in [2.75, 3.05) is 5.01 Å². The van der Waals surface area contributed by atoms with Crippen molar-refractivity contribution in [1.82, 2.24) is 0 Å². The number of anilines is 1. The molecule has 1 aliphatic rings. The molecule has 0 saturated heterocycles. The first kappa shape index (κ1) is 17.3. The monoisotopic (exact) mass is 428 g/mol. The van der Waals surface area contributed by atoms with Crippen molar-refractivity contribution in [3.05, 3.63) is 99.2 Å². The zero-order chi connectivity index (χ0) is 18.1. The Kier molecular flexibility index (Phi) is 4.79. The number of hydrazone groups is 1. The lowest BCUT2D eigenvalue weighted by molar-refractivity contribution is 0.579. The summed E-state index contributed by atoms with van der Waals surface area (Å²) in [6.45, 7) is 0. The second-order valence-corrected chi connectivity index (χ2v) is 7.41.